The number of nitrogens with zero attached hydrogens (tertiary/aromatic N) is 1. The van der Waals surface area contributed by atoms with Crippen molar-refractivity contribution in [2.75, 3.05) is 0 Å². The molecule has 1 heteroatoms. The first-order chi connectivity index (χ1) is 17.3. The average Bonchev–Trinajstić information content (AvgIpc) is 3.58. The van der Waals surface area contributed by atoms with Crippen molar-refractivity contribution in [3.63, 3.8) is 0 Å². The lowest BCUT2D eigenvalue weighted by Crippen LogP contribution is -1.96. The van der Waals surface area contributed by atoms with Gasteiger partial charge < -0.3 is 4.40 Å². The molecule has 35 heavy (non-hydrogen) atoms. The largest absolute Gasteiger partial charge is 0.314 e. The highest BCUT2D eigenvalue weighted by Crippen LogP contribution is 2.46. The summed E-state index contributed by atoms with van der Waals surface area (Å²) in [6, 6.07) is 36.4. The Morgan fingerprint density at radius 1 is 0.457 bits per heavy atom. The van der Waals surface area contributed by atoms with Gasteiger partial charge in [0.2, 0.25) is 0 Å². The minimum Gasteiger partial charge on any atom is -0.314 e. The van der Waals surface area contributed by atoms with E-state index in [9.17, 15) is 0 Å². The van der Waals surface area contributed by atoms with Crippen LogP contribution in [-0.2, 0) is 12.8 Å². The molecular weight excluding hydrogens is 422 g/mol. The summed E-state index contributed by atoms with van der Waals surface area (Å²) in [6.45, 7) is 0. The third kappa shape index (κ3) is 2.19. The highest BCUT2D eigenvalue weighted by atomic mass is 14.9. The van der Waals surface area contributed by atoms with Gasteiger partial charge in [-0.3, -0.25) is 0 Å². The summed E-state index contributed by atoms with van der Waals surface area (Å²) in [5.41, 5.74) is 14.0. The first-order valence-electron chi connectivity index (χ1n) is 12.5. The second-order valence-corrected chi connectivity index (χ2v) is 10.1. The van der Waals surface area contributed by atoms with Crippen LogP contribution in [0.5, 0.6) is 0 Å². The van der Waals surface area contributed by atoms with Crippen LogP contribution in [-0.4, -0.2) is 4.40 Å². The van der Waals surface area contributed by atoms with Gasteiger partial charge in [0.1, 0.15) is 0 Å². The van der Waals surface area contributed by atoms with E-state index in [0.29, 0.717) is 0 Å². The first kappa shape index (κ1) is 18.0. The molecule has 0 saturated carbocycles. The Kier molecular flexibility index (Phi) is 3.19. The van der Waals surface area contributed by atoms with Crippen molar-refractivity contribution in [2.24, 2.45) is 0 Å². The number of rotatable bonds is 0. The van der Waals surface area contributed by atoms with Gasteiger partial charge >= 0.3 is 0 Å². The summed E-state index contributed by atoms with van der Waals surface area (Å²) >= 11 is 0. The van der Waals surface area contributed by atoms with Gasteiger partial charge in [-0.15, -0.1) is 0 Å². The molecule has 1 nitrogen and oxygen atoms in total. The molecule has 7 aromatic rings. The molecule has 9 rings (SSSR count). The Hall–Kier alpha value is -4.36. The number of aromatic nitrogens is 1. The molecule has 2 aliphatic rings. The molecule has 162 valence electrons. The molecular formula is C34H21N. The highest BCUT2D eigenvalue weighted by molar-refractivity contribution is 6.22. The van der Waals surface area contributed by atoms with Crippen molar-refractivity contribution in [1.82, 2.24) is 4.40 Å². The summed E-state index contributed by atoms with van der Waals surface area (Å²) in [5, 5.41) is 6.72. The molecule has 0 radical (unpaired) electrons. The predicted molar refractivity (Wildman–Crippen MR) is 146 cm³/mol. The van der Waals surface area contributed by atoms with Crippen molar-refractivity contribution in [3.8, 4) is 22.3 Å². The van der Waals surface area contributed by atoms with E-state index in [2.05, 4.69) is 108 Å². The monoisotopic (exact) mass is 443 g/mol. The summed E-state index contributed by atoms with van der Waals surface area (Å²) in [6.07, 6.45) is 4.37. The summed E-state index contributed by atoms with van der Waals surface area (Å²) < 4.78 is 2.50. The number of pyridine rings is 1. The third-order valence-corrected chi connectivity index (χ3v) is 8.40. The molecule has 2 heterocycles. The van der Waals surface area contributed by atoms with Crippen LogP contribution in [0.1, 0.15) is 22.3 Å². The number of hydrogen-bond donors (Lipinski definition) is 0. The van der Waals surface area contributed by atoms with E-state index in [1.807, 2.05) is 0 Å². The molecule has 0 N–H and O–H groups in total. The first-order valence-corrected chi connectivity index (χ1v) is 12.5. The van der Waals surface area contributed by atoms with Gasteiger partial charge in [0.15, 0.2) is 0 Å². The van der Waals surface area contributed by atoms with Gasteiger partial charge in [0.05, 0.1) is 11.0 Å². The van der Waals surface area contributed by atoms with Crippen molar-refractivity contribution in [3.05, 3.63) is 126 Å². The highest BCUT2D eigenvalue weighted by Gasteiger charge is 2.25. The lowest BCUT2D eigenvalue weighted by molar-refractivity contribution is 1.22. The van der Waals surface area contributed by atoms with Crippen LogP contribution in [0.3, 0.4) is 0 Å². The van der Waals surface area contributed by atoms with Crippen molar-refractivity contribution >= 4 is 38.0 Å². The third-order valence-electron chi connectivity index (χ3n) is 8.40. The number of benzene rings is 5. The molecule has 0 aliphatic heterocycles. The lowest BCUT2D eigenvalue weighted by Gasteiger charge is -2.15. The van der Waals surface area contributed by atoms with Crippen LogP contribution < -0.4 is 0 Å². The molecule has 0 fully saturated rings. The van der Waals surface area contributed by atoms with Gasteiger partial charge in [0, 0.05) is 34.2 Å². The van der Waals surface area contributed by atoms with Crippen molar-refractivity contribution < 1.29 is 0 Å². The zero-order valence-corrected chi connectivity index (χ0v) is 19.2. The smallest absolute Gasteiger partial charge is 0.0613 e. The minimum absolute atomic E-state index is 0.994. The van der Waals surface area contributed by atoms with E-state index in [0.717, 1.165) is 12.8 Å². The molecule has 0 atom stereocenters. The number of hydrogen-bond acceptors (Lipinski definition) is 0. The lowest BCUT2D eigenvalue weighted by atomic mass is 9.94. The van der Waals surface area contributed by atoms with Crippen molar-refractivity contribution in [2.45, 2.75) is 12.8 Å². The van der Waals surface area contributed by atoms with Crippen molar-refractivity contribution in [1.29, 1.82) is 0 Å². The van der Waals surface area contributed by atoms with Crippen LogP contribution in [0.25, 0.3) is 60.2 Å². The fourth-order valence-corrected chi connectivity index (χ4v) is 6.90. The van der Waals surface area contributed by atoms with Gasteiger partial charge in [-0.25, -0.2) is 0 Å². The summed E-state index contributed by atoms with van der Waals surface area (Å²) in [4.78, 5) is 0. The average molecular weight is 444 g/mol. The van der Waals surface area contributed by atoms with E-state index < -0.39 is 0 Å². The molecule has 0 bridgehead atoms. The van der Waals surface area contributed by atoms with Crippen LogP contribution in [0.15, 0.2) is 103 Å². The second-order valence-electron chi connectivity index (χ2n) is 10.1. The van der Waals surface area contributed by atoms with Gasteiger partial charge in [0.25, 0.3) is 0 Å². The maximum Gasteiger partial charge on any atom is 0.0613 e. The van der Waals surface area contributed by atoms with Crippen LogP contribution >= 0.6 is 0 Å². The normalized spacial score (nSPS) is 13.5. The summed E-state index contributed by atoms with van der Waals surface area (Å²) in [7, 11) is 0. The molecule has 2 aromatic heterocycles. The fraction of sp³-hybridized carbons (Fsp3) is 0.0588. The quantitative estimate of drug-likeness (QED) is 0.207. The zero-order valence-electron chi connectivity index (χ0n) is 19.2. The Morgan fingerprint density at radius 3 is 2.09 bits per heavy atom. The SMILES string of the molecule is c1ccc2c(c1)Cc1cc3c4ccc5c(c4n4cc6ccccc6c4c3cc1-2)Cc1ccccc1-5. The van der Waals surface area contributed by atoms with E-state index in [4.69, 9.17) is 0 Å². The Bertz CT molecular complexity index is 2050. The van der Waals surface area contributed by atoms with E-state index in [-0.39, 0.29) is 0 Å². The zero-order chi connectivity index (χ0) is 22.7. The topological polar surface area (TPSA) is 4.41 Å². The maximum absolute atomic E-state index is 2.50. The molecule has 0 spiro atoms. The van der Waals surface area contributed by atoms with Gasteiger partial charge in [-0.05, 0) is 68.4 Å². The number of fused-ring (bicyclic) bond motifs is 15. The van der Waals surface area contributed by atoms with Gasteiger partial charge in [-0.1, -0.05) is 84.9 Å². The molecule has 2 aliphatic carbocycles. The second kappa shape index (κ2) is 6.20. The Morgan fingerprint density at radius 2 is 1.20 bits per heavy atom. The maximum atomic E-state index is 2.50. The molecule has 0 saturated heterocycles. The minimum atomic E-state index is 0.994. The van der Waals surface area contributed by atoms with E-state index >= 15 is 0 Å². The standard InChI is InChI=1S/C34H21N/c1-5-11-25-20(7-1)15-23-17-30-28-14-13-27-24-10-4-2-8-21(24)16-31(27)34(28)35-19-22-9-3-6-12-26(22)33(35)32(30)18-29(23)25/h1-14,17-19H,15-16H2. The van der Waals surface area contributed by atoms with E-state index in [1.165, 1.54) is 82.5 Å². The van der Waals surface area contributed by atoms with E-state index in [1.54, 1.807) is 0 Å². The summed E-state index contributed by atoms with van der Waals surface area (Å²) in [5.74, 6) is 0. The van der Waals surface area contributed by atoms with Gasteiger partial charge in [-0.2, -0.15) is 0 Å². The van der Waals surface area contributed by atoms with Crippen LogP contribution in [0, 0.1) is 0 Å². The van der Waals surface area contributed by atoms with Crippen LogP contribution in [0.4, 0.5) is 0 Å². The molecule has 0 unspecified atom stereocenters. The fourth-order valence-electron chi connectivity index (χ4n) is 6.90. The van der Waals surface area contributed by atoms with Crippen LogP contribution in [0.2, 0.25) is 0 Å². The Labute approximate surface area is 202 Å². The molecule has 5 aromatic carbocycles. The Balaban J connectivity index is 1.51. The molecule has 0 amide bonds. The predicted octanol–water partition coefficient (Wildman–Crippen LogP) is 8.54.